The number of aromatic amines is 6. The molecule has 0 saturated carbocycles. The smallest absolute Gasteiger partial charge is 0.336 e. The van der Waals surface area contributed by atoms with Gasteiger partial charge in [-0.1, -0.05) is 0 Å². The number of epoxide rings is 3. The van der Waals surface area contributed by atoms with Crippen LogP contribution in [0.4, 0.5) is 0 Å². The molecule has 0 bridgehead atoms. The second kappa shape index (κ2) is 11.2. The van der Waals surface area contributed by atoms with Gasteiger partial charge in [0.25, 0.3) is 0 Å². The molecule has 3 unspecified atom stereocenters. The highest BCUT2D eigenvalue weighted by atomic mass is 16.6. The first-order chi connectivity index (χ1) is 18.5. The van der Waals surface area contributed by atoms with Crippen molar-refractivity contribution in [2.75, 3.05) is 19.8 Å². The number of ether oxygens (including phenoxy) is 3. The van der Waals surface area contributed by atoms with Crippen molar-refractivity contribution in [2.45, 2.75) is 37.9 Å². The molecule has 3 aliphatic heterocycles. The van der Waals surface area contributed by atoms with Gasteiger partial charge in [0.05, 0.1) is 57.8 Å². The maximum atomic E-state index is 12.4. The van der Waals surface area contributed by atoms with Crippen molar-refractivity contribution in [3.8, 4) is 0 Å². The lowest BCUT2D eigenvalue weighted by atomic mass is 10.4. The molecule has 0 spiro atoms. The summed E-state index contributed by atoms with van der Waals surface area (Å²) >= 11 is 0. The average Bonchev–Trinajstić information content (AvgIpc) is 3.69. The number of hydrogen-bond donors (Lipinski definition) is 6. The zero-order valence-corrected chi connectivity index (χ0v) is 19.7. The fourth-order valence-corrected chi connectivity index (χ4v) is 3.09. The van der Waals surface area contributed by atoms with E-state index in [2.05, 4.69) is 0 Å². The number of H-pyrrole nitrogens is 6. The zero-order chi connectivity index (χ0) is 28.3. The number of aromatic nitrogens is 9. The van der Waals surface area contributed by atoms with Crippen molar-refractivity contribution in [3.63, 3.8) is 0 Å². The van der Waals surface area contributed by atoms with Gasteiger partial charge in [-0.2, -0.15) is 0 Å². The largest absolute Gasteiger partial charge is 0.371 e. The van der Waals surface area contributed by atoms with Crippen molar-refractivity contribution in [1.82, 2.24) is 43.6 Å². The zero-order valence-electron chi connectivity index (χ0n) is 19.7. The minimum absolute atomic E-state index is 0.121. The summed E-state index contributed by atoms with van der Waals surface area (Å²) in [7, 11) is 0. The Bertz CT molecular complexity index is 1510. The van der Waals surface area contributed by atoms with Crippen molar-refractivity contribution >= 4 is 0 Å². The number of hydrogen-bond acceptors (Lipinski definition) is 12. The quantitative estimate of drug-likeness (QED) is 0.155. The standard InChI is InChI=1S/C12H15N3O6.2C3H3N3O3/c16-10-13(1-7-4-19-7)11(17)15(3-9-6-21-9)12(18)14(10)2-8-5-20-8;2*7-1-4-2(8)6-3(9)5-1/h7-9H,1-6H2;2*(H3,4,5,6,7,8,9). The van der Waals surface area contributed by atoms with Gasteiger partial charge in [0.2, 0.25) is 0 Å². The lowest BCUT2D eigenvalue weighted by Gasteiger charge is -2.12. The van der Waals surface area contributed by atoms with Crippen LogP contribution < -0.4 is 51.2 Å². The molecule has 3 fully saturated rings. The molecule has 6 heterocycles. The van der Waals surface area contributed by atoms with E-state index >= 15 is 0 Å². The molecule has 0 aromatic carbocycles. The van der Waals surface area contributed by atoms with Gasteiger partial charge in [0.1, 0.15) is 0 Å². The average molecular weight is 555 g/mol. The first-order valence-corrected chi connectivity index (χ1v) is 11.2. The summed E-state index contributed by atoms with van der Waals surface area (Å²) in [5.74, 6) is 0. The van der Waals surface area contributed by atoms with Gasteiger partial charge in [-0.15, -0.1) is 0 Å². The summed E-state index contributed by atoms with van der Waals surface area (Å²) in [6.45, 7) is 2.12. The van der Waals surface area contributed by atoms with Crippen molar-refractivity contribution in [3.05, 3.63) is 94.4 Å². The van der Waals surface area contributed by atoms with Gasteiger partial charge < -0.3 is 14.2 Å². The highest BCUT2D eigenvalue weighted by Gasteiger charge is 2.31. The van der Waals surface area contributed by atoms with Gasteiger partial charge in [0.15, 0.2) is 0 Å². The van der Waals surface area contributed by atoms with Crippen LogP contribution in [0.2, 0.25) is 0 Å². The highest BCUT2D eigenvalue weighted by Crippen LogP contribution is 2.12. The summed E-state index contributed by atoms with van der Waals surface area (Å²) in [6, 6.07) is 0. The van der Waals surface area contributed by atoms with Crippen LogP contribution in [0.15, 0.2) is 43.2 Å². The summed E-state index contributed by atoms with van der Waals surface area (Å²) in [5.41, 5.74) is -6.59. The Hall–Kier alpha value is -4.89. The molecular weight excluding hydrogens is 534 g/mol. The van der Waals surface area contributed by atoms with E-state index in [0.29, 0.717) is 19.8 Å². The number of nitrogens with zero attached hydrogens (tertiary/aromatic N) is 3. The van der Waals surface area contributed by atoms with E-state index in [-0.39, 0.29) is 37.9 Å². The Morgan fingerprint density at radius 1 is 0.436 bits per heavy atom. The lowest BCUT2D eigenvalue weighted by Crippen LogP contribution is -2.55. The van der Waals surface area contributed by atoms with Crippen LogP contribution in [0.25, 0.3) is 0 Å². The van der Waals surface area contributed by atoms with E-state index in [1.807, 2.05) is 0 Å². The predicted molar refractivity (Wildman–Crippen MR) is 125 cm³/mol. The summed E-state index contributed by atoms with van der Waals surface area (Å²) in [4.78, 5) is 109. The molecule has 21 heteroatoms. The molecular formula is C18H21N9O12. The molecule has 3 aromatic heterocycles. The Kier molecular flexibility index (Phi) is 7.83. The molecule has 6 N–H and O–H groups in total. The van der Waals surface area contributed by atoms with E-state index in [4.69, 9.17) is 14.2 Å². The summed E-state index contributed by atoms with van der Waals surface area (Å²) in [5, 5.41) is 0. The van der Waals surface area contributed by atoms with E-state index < -0.39 is 51.2 Å². The van der Waals surface area contributed by atoms with Gasteiger partial charge in [-0.05, 0) is 0 Å². The fraction of sp³-hybridized carbons (Fsp3) is 0.500. The molecule has 3 saturated heterocycles. The maximum Gasteiger partial charge on any atom is 0.336 e. The topological polar surface area (TPSA) is 301 Å². The van der Waals surface area contributed by atoms with Crippen molar-refractivity contribution < 1.29 is 14.2 Å². The van der Waals surface area contributed by atoms with E-state index in [9.17, 15) is 43.2 Å². The Balaban J connectivity index is 0.000000162. The number of nitrogens with one attached hydrogen (secondary N) is 6. The molecule has 39 heavy (non-hydrogen) atoms. The monoisotopic (exact) mass is 555 g/mol. The Morgan fingerprint density at radius 2 is 0.615 bits per heavy atom. The third-order valence-electron chi connectivity index (χ3n) is 5.11. The maximum absolute atomic E-state index is 12.4. The molecule has 210 valence electrons. The normalized spacial score (nSPS) is 20.2. The van der Waals surface area contributed by atoms with Gasteiger partial charge in [-0.25, -0.2) is 56.9 Å². The molecule has 3 atom stereocenters. The summed E-state index contributed by atoms with van der Waals surface area (Å²) < 4.78 is 18.4. The van der Waals surface area contributed by atoms with Crippen LogP contribution in [0.1, 0.15) is 0 Å². The Morgan fingerprint density at radius 3 is 0.769 bits per heavy atom. The lowest BCUT2D eigenvalue weighted by molar-refractivity contribution is 0.327. The molecule has 3 aliphatic rings. The van der Waals surface area contributed by atoms with Crippen LogP contribution >= 0.6 is 0 Å². The second-order valence-electron chi connectivity index (χ2n) is 8.27. The molecule has 3 aromatic rings. The second-order valence-corrected chi connectivity index (χ2v) is 8.27. The van der Waals surface area contributed by atoms with Crippen LogP contribution in [0.5, 0.6) is 0 Å². The molecule has 21 nitrogen and oxygen atoms in total. The van der Waals surface area contributed by atoms with Crippen LogP contribution in [-0.2, 0) is 33.8 Å². The molecule has 6 rings (SSSR count). The minimum Gasteiger partial charge on any atom is -0.371 e. The third-order valence-corrected chi connectivity index (χ3v) is 5.11. The van der Waals surface area contributed by atoms with Crippen LogP contribution in [0.3, 0.4) is 0 Å². The summed E-state index contributed by atoms with van der Waals surface area (Å²) in [6.07, 6.45) is -0.363. The number of rotatable bonds is 6. The van der Waals surface area contributed by atoms with Crippen LogP contribution in [0, 0.1) is 0 Å². The SMILES string of the molecule is O=c1[nH]c(=O)[nH]c(=O)[nH]1.O=c1[nH]c(=O)[nH]c(=O)[nH]1.O=c1n(CC2CO2)c(=O)n(CC2CO2)c(=O)n1CC1CO1. The highest BCUT2D eigenvalue weighted by molar-refractivity contribution is 4.86. The van der Waals surface area contributed by atoms with Crippen molar-refractivity contribution in [2.24, 2.45) is 0 Å². The fourth-order valence-electron chi connectivity index (χ4n) is 3.09. The third kappa shape index (κ3) is 7.80. The Labute approximate surface area is 210 Å². The molecule has 0 aliphatic carbocycles. The van der Waals surface area contributed by atoms with E-state index in [1.165, 1.54) is 0 Å². The predicted octanol–water partition coefficient (Wildman–Crippen LogP) is -7.13. The molecule has 0 amide bonds. The van der Waals surface area contributed by atoms with Crippen molar-refractivity contribution in [1.29, 1.82) is 0 Å². The van der Waals surface area contributed by atoms with E-state index in [0.717, 1.165) is 13.7 Å². The minimum atomic E-state index is -0.802. The van der Waals surface area contributed by atoms with E-state index in [1.54, 1.807) is 29.9 Å². The van der Waals surface area contributed by atoms with Crippen LogP contribution in [-0.4, -0.2) is 81.7 Å². The van der Waals surface area contributed by atoms with Gasteiger partial charge >= 0.3 is 51.2 Å². The first kappa shape index (κ1) is 27.2. The first-order valence-electron chi connectivity index (χ1n) is 11.2. The molecule has 0 radical (unpaired) electrons. The van der Waals surface area contributed by atoms with Gasteiger partial charge in [0, 0.05) is 0 Å². The van der Waals surface area contributed by atoms with Gasteiger partial charge in [-0.3, -0.25) is 29.9 Å².